The third kappa shape index (κ3) is 5.21. The number of aryl methyl sites for hydroxylation is 1. The van der Waals surface area contributed by atoms with Crippen LogP contribution in [0, 0.1) is 11.6 Å². The zero-order chi connectivity index (χ0) is 25.9. The molecule has 6 heteroatoms. The van der Waals surface area contributed by atoms with Crippen molar-refractivity contribution in [3.05, 3.63) is 107 Å². The SMILES string of the molecule is CCCc1cccc(C(C)c2cnc(-c3cc(Cc4c(F)cc5[nH]ccc5c4SCC)ccc3F)[nH]2)c1. The van der Waals surface area contributed by atoms with Crippen LogP contribution in [0.5, 0.6) is 0 Å². The molecule has 5 rings (SSSR count). The largest absolute Gasteiger partial charge is 0.361 e. The summed E-state index contributed by atoms with van der Waals surface area (Å²) in [6.07, 6.45) is 6.14. The number of benzene rings is 3. The fourth-order valence-corrected chi connectivity index (χ4v) is 5.87. The molecule has 0 aliphatic rings. The van der Waals surface area contributed by atoms with Crippen molar-refractivity contribution in [3.63, 3.8) is 0 Å². The molecule has 37 heavy (non-hydrogen) atoms. The molecule has 2 aromatic heterocycles. The minimum atomic E-state index is -0.355. The van der Waals surface area contributed by atoms with E-state index in [2.05, 4.69) is 60.0 Å². The number of nitrogens with one attached hydrogen (secondary N) is 2. The highest BCUT2D eigenvalue weighted by Gasteiger charge is 2.18. The maximum absolute atomic E-state index is 15.2. The number of thioether (sulfide) groups is 1. The predicted molar refractivity (Wildman–Crippen MR) is 149 cm³/mol. The van der Waals surface area contributed by atoms with Crippen molar-refractivity contribution in [2.75, 3.05) is 5.75 Å². The molecule has 0 saturated carbocycles. The Hall–Kier alpha value is -3.38. The Labute approximate surface area is 220 Å². The molecule has 0 aliphatic heterocycles. The number of aromatic nitrogens is 3. The summed E-state index contributed by atoms with van der Waals surface area (Å²) in [4.78, 5) is 11.9. The van der Waals surface area contributed by atoms with Gasteiger partial charge in [0.2, 0.25) is 0 Å². The van der Waals surface area contributed by atoms with Gasteiger partial charge in [0, 0.05) is 51.8 Å². The highest BCUT2D eigenvalue weighted by atomic mass is 32.2. The molecule has 2 N–H and O–H groups in total. The van der Waals surface area contributed by atoms with E-state index in [9.17, 15) is 4.39 Å². The molecule has 5 aromatic rings. The summed E-state index contributed by atoms with van der Waals surface area (Å²) >= 11 is 1.63. The molecule has 0 spiro atoms. The lowest BCUT2D eigenvalue weighted by molar-refractivity contribution is 0.610. The van der Waals surface area contributed by atoms with E-state index in [1.807, 2.05) is 12.3 Å². The van der Waals surface area contributed by atoms with Crippen LogP contribution in [0.25, 0.3) is 22.3 Å². The van der Waals surface area contributed by atoms with E-state index in [1.54, 1.807) is 36.2 Å². The van der Waals surface area contributed by atoms with Gasteiger partial charge in [-0.05, 0) is 53.1 Å². The number of nitrogens with zero attached hydrogens (tertiary/aromatic N) is 1. The molecule has 0 bridgehead atoms. The van der Waals surface area contributed by atoms with Gasteiger partial charge in [0.25, 0.3) is 0 Å². The van der Waals surface area contributed by atoms with Crippen molar-refractivity contribution in [1.29, 1.82) is 0 Å². The summed E-state index contributed by atoms with van der Waals surface area (Å²) in [6.45, 7) is 6.36. The lowest BCUT2D eigenvalue weighted by atomic mass is 9.95. The van der Waals surface area contributed by atoms with Gasteiger partial charge in [0.15, 0.2) is 0 Å². The van der Waals surface area contributed by atoms with Gasteiger partial charge < -0.3 is 9.97 Å². The summed E-state index contributed by atoms with van der Waals surface area (Å²) in [5, 5.41) is 1.01. The van der Waals surface area contributed by atoms with Crippen LogP contribution < -0.4 is 0 Å². The van der Waals surface area contributed by atoms with E-state index >= 15 is 4.39 Å². The molecule has 0 amide bonds. The number of hydrogen-bond donors (Lipinski definition) is 2. The van der Waals surface area contributed by atoms with Crippen molar-refractivity contribution >= 4 is 22.7 Å². The molecular weight excluding hydrogens is 484 g/mol. The Kier molecular flexibility index (Phi) is 7.47. The van der Waals surface area contributed by atoms with Crippen molar-refractivity contribution in [2.45, 2.75) is 50.8 Å². The van der Waals surface area contributed by atoms with Gasteiger partial charge in [0.1, 0.15) is 17.5 Å². The summed E-state index contributed by atoms with van der Waals surface area (Å²) in [6, 6.07) is 17.1. The van der Waals surface area contributed by atoms with Gasteiger partial charge in [-0.15, -0.1) is 11.8 Å². The van der Waals surface area contributed by atoms with Crippen molar-refractivity contribution in [3.8, 4) is 11.4 Å². The minimum Gasteiger partial charge on any atom is -0.361 e. The zero-order valence-electron chi connectivity index (χ0n) is 21.4. The molecular formula is C31H31F2N3S. The smallest absolute Gasteiger partial charge is 0.140 e. The lowest BCUT2D eigenvalue weighted by Crippen LogP contribution is -1.99. The van der Waals surface area contributed by atoms with Crippen molar-refractivity contribution in [1.82, 2.24) is 15.0 Å². The molecule has 3 nitrogen and oxygen atoms in total. The molecule has 1 unspecified atom stereocenters. The summed E-state index contributed by atoms with van der Waals surface area (Å²) in [7, 11) is 0. The van der Waals surface area contributed by atoms with E-state index in [0.29, 0.717) is 23.4 Å². The third-order valence-electron chi connectivity index (χ3n) is 6.86. The van der Waals surface area contributed by atoms with Gasteiger partial charge in [-0.3, -0.25) is 0 Å². The number of halogens is 2. The molecule has 1 atom stereocenters. The second-order valence-corrected chi connectivity index (χ2v) is 10.7. The van der Waals surface area contributed by atoms with Crippen LogP contribution in [-0.2, 0) is 12.8 Å². The van der Waals surface area contributed by atoms with Gasteiger partial charge in [0.05, 0.1) is 5.56 Å². The highest BCUT2D eigenvalue weighted by molar-refractivity contribution is 7.99. The van der Waals surface area contributed by atoms with Crippen LogP contribution in [0.4, 0.5) is 8.78 Å². The molecule has 0 radical (unpaired) electrons. The maximum Gasteiger partial charge on any atom is 0.140 e. The van der Waals surface area contributed by atoms with Crippen molar-refractivity contribution < 1.29 is 8.78 Å². The Morgan fingerprint density at radius 2 is 1.84 bits per heavy atom. The zero-order valence-corrected chi connectivity index (χ0v) is 22.2. The average Bonchev–Trinajstić information content (AvgIpc) is 3.57. The van der Waals surface area contributed by atoms with Crippen LogP contribution in [0.2, 0.25) is 0 Å². The first-order chi connectivity index (χ1) is 18.0. The topological polar surface area (TPSA) is 44.5 Å². The Morgan fingerprint density at radius 3 is 2.65 bits per heavy atom. The highest BCUT2D eigenvalue weighted by Crippen LogP contribution is 2.35. The number of hydrogen-bond acceptors (Lipinski definition) is 2. The quantitative estimate of drug-likeness (QED) is 0.193. The maximum atomic E-state index is 15.2. The van der Waals surface area contributed by atoms with E-state index in [4.69, 9.17) is 0 Å². The first-order valence-corrected chi connectivity index (χ1v) is 13.8. The van der Waals surface area contributed by atoms with Gasteiger partial charge in [-0.25, -0.2) is 13.8 Å². The summed E-state index contributed by atoms with van der Waals surface area (Å²) in [5.41, 5.74) is 6.10. The molecule has 2 heterocycles. The number of fused-ring (bicyclic) bond motifs is 1. The second-order valence-electron chi connectivity index (χ2n) is 9.43. The van der Waals surface area contributed by atoms with E-state index < -0.39 is 0 Å². The molecule has 190 valence electrons. The average molecular weight is 516 g/mol. The fourth-order valence-electron chi connectivity index (χ4n) is 4.90. The molecule has 0 fully saturated rings. The Bertz CT molecular complexity index is 1540. The van der Waals surface area contributed by atoms with Gasteiger partial charge in [-0.2, -0.15) is 0 Å². The number of imidazole rings is 1. The first kappa shape index (κ1) is 25.3. The van der Waals surface area contributed by atoms with E-state index in [0.717, 1.165) is 45.7 Å². The van der Waals surface area contributed by atoms with Gasteiger partial charge >= 0.3 is 0 Å². The predicted octanol–water partition coefficient (Wildman–Crippen LogP) is 8.64. The number of rotatable bonds is 9. The molecule has 0 aliphatic carbocycles. The molecule has 0 saturated heterocycles. The third-order valence-corrected chi connectivity index (χ3v) is 7.91. The lowest BCUT2D eigenvalue weighted by Gasteiger charge is -2.13. The minimum absolute atomic E-state index is 0.0973. The Morgan fingerprint density at radius 1 is 0.973 bits per heavy atom. The number of H-pyrrole nitrogens is 2. The number of aromatic amines is 2. The van der Waals surface area contributed by atoms with Crippen LogP contribution in [0.3, 0.4) is 0 Å². The molecule has 3 aromatic carbocycles. The second kappa shape index (κ2) is 10.9. The monoisotopic (exact) mass is 515 g/mol. The summed E-state index contributed by atoms with van der Waals surface area (Å²) in [5.74, 6) is 0.805. The van der Waals surface area contributed by atoms with E-state index in [1.165, 1.54) is 17.2 Å². The van der Waals surface area contributed by atoms with Crippen LogP contribution >= 0.6 is 11.8 Å². The van der Waals surface area contributed by atoms with Crippen LogP contribution in [-0.4, -0.2) is 20.7 Å². The summed E-state index contributed by atoms with van der Waals surface area (Å²) < 4.78 is 30.1. The van der Waals surface area contributed by atoms with Crippen LogP contribution in [0.1, 0.15) is 61.1 Å². The van der Waals surface area contributed by atoms with Gasteiger partial charge in [-0.1, -0.05) is 57.5 Å². The van der Waals surface area contributed by atoms with E-state index in [-0.39, 0.29) is 17.6 Å². The standard InChI is InChI=1S/C31H31F2N3S/c1-4-7-20-8-6-9-22(14-20)19(3)29-18-35-31(36-29)25-16-21(10-11-26(25)32)15-24-27(33)17-28-23(12-13-34-28)30(24)37-5-2/h6,8-14,16-19,34H,4-5,7,15H2,1-3H3,(H,35,36). The first-order valence-electron chi connectivity index (χ1n) is 12.8. The fraction of sp³-hybridized carbons (Fsp3) is 0.258. The normalized spacial score (nSPS) is 12.4. The van der Waals surface area contributed by atoms with Crippen molar-refractivity contribution in [2.24, 2.45) is 0 Å². The Balaban J connectivity index is 1.45. The van der Waals surface area contributed by atoms with Crippen LogP contribution in [0.15, 0.2) is 71.9 Å².